The standard InChI is InChI=1S/C8H14N2O2S/c1-12-8(11)10-4-2-6(3-5-10)7(9)13/h6H,2-5H2,1H3,(H2,9,13). The number of methoxy groups -OCH3 is 1. The molecule has 1 aliphatic heterocycles. The second kappa shape index (κ2) is 4.41. The second-order valence-electron chi connectivity index (χ2n) is 3.13. The van der Waals surface area contributed by atoms with Crippen molar-refractivity contribution >= 4 is 23.3 Å². The molecule has 0 aromatic rings. The molecule has 5 heteroatoms. The number of nitrogens with two attached hydrogens (primary N) is 1. The van der Waals surface area contributed by atoms with Gasteiger partial charge < -0.3 is 15.4 Å². The van der Waals surface area contributed by atoms with Gasteiger partial charge in [0.25, 0.3) is 0 Å². The van der Waals surface area contributed by atoms with E-state index in [1.165, 1.54) is 7.11 Å². The minimum absolute atomic E-state index is 0.263. The second-order valence-corrected chi connectivity index (χ2v) is 3.61. The topological polar surface area (TPSA) is 55.6 Å². The minimum Gasteiger partial charge on any atom is -0.453 e. The third-order valence-corrected chi connectivity index (χ3v) is 2.66. The van der Waals surface area contributed by atoms with Crippen LogP contribution in [0.15, 0.2) is 0 Å². The highest BCUT2D eigenvalue weighted by molar-refractivity contribution is 7.80. The molecule has 1 fully saturated rings. The van der Waals surface area contributed by atoms with E-state index in [2.05, 4.69) is 4.74 Å². The number of carbonyl (C=O) groups excluding carboxylic acids is 1. The minimum atomic E-state index is -0.263. The molecule has 1 heterocycles. The number of hydrogen-bond donors (Lipinski definition) is 1. The van der Waals surface area contributed by atoms with Crippen LogP contribution in [0, 0.1) is 5.92 Å². The van der Waals surface area contributed by atoms with Gasteiger partial charge in [-0.25, -0.2) is 4.79 Å². The van der Waals surface area contributed by atoms with Crippen molar-refractivity contribution in [3.05, 3.63) is 0 Å². The number of hydrogen-bond acceptors (Lipinski definition) is 3. The van der Waals surface area contributed by atoms with Gasteiger partial charge in [0.1, 0.15) is 0 Å². The number of carbonyl (C=O) groups is 1. The van der Waals surface area contributed by atoms with Gasteiger partial charge in [0.2, 0.25) is 0 Å². The summed E-state index contributed by atoms with van der Waals surface area (Å²) in [7, 11) is 1.39. The highest BCUT2D eigenvalue weighted by atomic mass is 32.1. The van der Waals surface area contributed by atoms with Gasteiger partial charge in [-0.3, -0.25) is 0 Å². The largest absolute Gasteiger partial charge is 0.453 e. The Hall–Kier alpha value is -0.840. The van der Waals surface area contributed by atoms with E-state index < -0.39 is 0 Å². The maximum atomic E-state index is 11.1. The van der Waals surface area contributed by atoms with Crippen molar-refractivity contribution < 1.29 is 9.53 Å². The molecule has 0 aliphatic carbocycles. The fraction of sp³-hybridized carbons (Fsp3) is 0.750. The van der Waals surface area contributed by atoms with Gasteiger partial charge in [-0.1, -0.05) is 12.2 Å². The van der Waals surface area contributed by atoms with Gasteiger partial charge in [-0.2, -0.15) is 0 Å². The zero-order valence-electron chi connectivity index (χ0n) is 7.66. The monoisotopic (exact) mass is 202 g/mol. The molecule has 1 aliphatic rings. The van der Waals surface area contributed by atoms with Crippen LogP contribution in [0.3, 0.4) is 0 Å². The van der Waals surface area contributed by atoms with Crippen molar-refractivity contribution in [2.45, 2.75) is 12.8 Å². The quantitative estimate of drug-likeness (QED) is 0.637. The molecule has 0 unspecified atom stereocenters. The Morgan fingerprint density at radius 1 is 1.54 bits per heavy atom. The number of amides is 1. The maximum absolute atomic E-state index is 11.1. The lowest BCUT2D eigenvalue weighted by Crippen LogP contribution is -2.41. The zero-order valence-corrected chi connectivity index (χ0v) is 8.47. The summed E-state index contributed by atoms with van der Waals surface area (Å²) in [5.74, 6) is 0.288. The van der Waals surface area contributed by atoms with Crippen molar-refractivity contribution in [2.24, 2.45) is 11.7 Å². The normalized spacial score (nSPS) is 18.4. The lowest BCUT2D eigenvalue weighted by atomic mass is 9.97. The number of ether oxygens (including phenoxy) is 1. The van der Waals surface area contributed by atoms with Gasteiger partial charge in [0.15, 0.2) is 0 Å². The molecule has 2 N–H and O–H groups in total. The van der Waals surface area contributed by atoms with E-state index in [4.69, 9.17) is 18.0 Å². The first-order valence-electron chi connectivity index (χ1n) is 4.27. The fourth-order valence-electron chi connectivity index (χ4n) is 1.48. The van der Waals surface area contributed by atoms with E-state index in [-0.39, 0.29) is 12.0 Å². The van der Waals surface area contributed by atoms with E-state index in [1.807, 2.05) is 0 Å². The molecule has 4 nitrogen and oxygen atoms in total. The molecule has 0 aromatic carbocycles. The van der Waals surface area contributed by atoms with Gasteiger partial charge in [-0.15, -0.1) is 0 Å². The third kappa shape index (κ3) is 2.55. The van der Waals surface area contributed by atoms with Gasteiger partial charge in [0.05, 0.1) is 12.1 Å². The number of likely N-dealkylation sites (tertiary alicyclic amines) is 1. The zero-order chi connectivity index (χ0) is 9.84. The van der Waals surface area contributed by atoms with Crippen molar-refractivity contribution in [1.29, 1.82) is 0 Å². The summed E-state index contributed by atoms with van der Waals surface area (Å²) in [5, 5.41) is 0. The van der Waals surface area contributed by atoms with E-state index >= 15 is 0 Å². The van der Waals surface area contributed by atoms with E-state index in [1.54, 1.807) is 4.90 Å². The first-order chi connectivity index (χ1) is 6.15. The number of nitrogens with zero attached hydrogens (tertiary/aromatic N) is 1. The Morgan fingerprint density at radius 2 is 2.08 bits per heavy atom. The molecular formula is C8H14N2O2S. The summed E-state index contributed by atoms with van der Waals surface area (Å²) in [4.78, 5) is 13.3. The molecule has 1 saturated heterocycles. The van der Waals surface area contributed by atoms with Crippen LogP contribution in [0.1, 0.15) is 12.8 Å². The predicted octanol–water partition coefficient (Wildman–Crippen LogP) is 0.751. The molecule has 0 radical (unpaired) electrons. The van der Waals surface area contributed by atoms with Gasteiger partial charge in [0, 0.05) is 19.0 Å². The lowest BCUT2D eigenvalue weighted by Gasteiger charge is -2.30. The van der Waals surface area contributed by atoms with Crippen LogP contribution in [0.5, 0.6) is 0 Å². The molecule has 1 rings (SSSR count). The van der Waals surface area contributed by atoms with E-state index in [0.29, 0.717) is 18.1 Å². The summed E-state index contributed by atoms with van der Waals surface area (Å²) in [5.41, 5.74) is 5.52. The molecular weight excluding hydrogens is 188 g/mol. The Balaban J connectivity index is 2.39. The van der Waals surface area contributed by atoms with Crippen LogP contribution in [0.25, 0.3) is 0 Å². The average molecular weight is 202 g/mol. The third-order valence-electron chi connectivity index (χ3n) is 2.33. The lowest BCUT2D eigenvalue weighted by molar-refractivity contribution is 0.111. The van der Waals surface area contributed by atoms with Crippen LogP contribution >= 0.6 is 12.2 Å². The summed E-state index contributed by atoms with van der Waals surface area (Å²) >= 11 is 4.89. The van der Waals surface area contributed by atoms with E-state index in [9.17, 15) is 4.79 Å². The predicted molar refractivity (Wildman–Crippen MR) is 53.5 cm³/mol. The maximum Gasteiger partial charge on any atom is 0.409 e. The Bertz CT molecular complexity index is 212. The first kappa shape index (κ1) is 10.2. The Labute approximate surface area is 83.0 Å². The van der Waals surface area contributed by atoms with Crippen LogP contribution in [-0.4, -0.2) is 36.2 Å². The molecule has 13 heavy (non-hydrogen) atoms. The Morgan fingerprint density at radius 3 is 2.46 bits per heavy atom. The average Bonchev–Trinajstić information content (AvgIpc) is 2.17. The van der Waals surface area contributed by atoms with Gasteiger partial charge >= 0.3 is 6.09 Å². The highest BCUT2D eigenvalue weighted by Crippen LogP contribution is 2.17. The van der Waals surface area contributed by atoms with Crippen molar-refractivity contribution in [2.75, 3.05) is 20.2 Å². The molecule has 1 amide bonds. The van der Waals surface area contributed by atoms with Crippen LogP contribution in [0.2, 0.25) is 0 Å². The van der Waals surface area contributed by atoms with Crippen LogP contribution in [0.4, 0.5) is 4.79 Å². The Kier molecular flexibility index (Phi) is 3.48. The summed E-state index contributed by atoms with van der Waals surface area (Å²) < 4.78 is 4.61. The number of rotatable bonds is 1. The van der Waals surface area contributed by atoms with Crippen molar-refractivity contribution in [3.8, 4) is 0 Å². The number of thiocarbonyl (C=S) groups is 1. The van der Waals surface area contributed by atoms with Crippen LogP contribution in [-0.2, 0) is 4.74 Å². The first-order valence-corrected chi connectivity index (χ1v) is 4.68. The molecule has 0 bridgehead atoms. The van der Waals surface area contributed by atoms with Gasteiger partial charge in [-0.05, 0) is 12.8 Å². The molecule has 0 saturated carbocycles. The molecule has 0 spiro atoms. The molecule has 74 valence electrons. The SMILES string of the molecule is COC(=O)N1CCC(C(N)=S)CC1. The molecule has 0 atom stereocenters. The summed E-state index contributed by atoms with van der Waals surface area (Å²) in [6, 6.07) is 0. The fourth-order valence-corrected chi connectivity index (χ4v) is 1.71. The summed E-state index contributed by atoms with van der Waals surface area (Å²) in [6.07, 6.45) is 1.44. The van der Waals surface area contributed by atoms with Crippen molar-refractivity contribution in [1.82, 2.24) is 4.90 Å². The van der Waals surface area contributed by atoms with Crippen LogP contribution < -0.4 is 5.73 Å². The molecule has 0 aromatic heterocycles. The highest BCUT2D eigenvalue weighted by Gasteiger charge is 2.24. The summed E-state index contributed by atoms with van der Waals surface area (Å²) in [6.45, 7) is 1.38. The smallest absolute Gasteiger partial charge is 0.409 e. The van der Waals surface area contributed by atoms with Crippen molar-refractivity contribution in [3.63, 3.8) is 0 Å². The van der Waals surface area contributed by atoms with E-state index in [0.717, 1.165) is 12.8 Å². The number of piperidine rings is 1.